The number of amides is 1. The third kappa shape index (κ3) is 5.92. The first kappa shape index (κ1) is 22.0. The highest BCUT2D eigenvalue weighted by atomic mass is 32.2. The summed E-state index contributed by atoms with van der Waals surface area (Å²) in [7, 11) is -3.68. The van der Waals surface area contributed by atoms with Gasteiger partial charge in [-0.2, -0.15) is 8.42 Å². The van der Waals surface area contributed by atoms with Crippen molar-refractivity contribution in [3.63, 3.8) is 0 Å². The minimum atomic E-state index is -3.68. The molecule has 0 spiro atoms. The highest BCUT2D eigenvalue weighted by Crippen LogP contribution is 2.21. The number of nitro benzene ring substituents is 1. The van der Waals surface area contributed by atoms with Crippen LogP contribution in [0.15, 0.2) is 71.3 Å². The van der Waals surface area contributed by atoms with Crippen LogP contribution in [0.2, 0.25) is 0 Å². The summed E-state index contributed by atoms with van der Waals surface area (Å²) in [5.41, 5.74) is 0.805. The van der Waals surface area contributed by atoms with E-state index in [0.29, 0.717) is 11.3 Å². The molecule has 0 radical (unpaired) electrons. The Morgan fingerprint density at radius 1 is 1.10 bits per heavy atom. The van der Waals surface area contributed by atoms with E-state index in [2.05, 4.69) is 0 Å². The number of rotatable bonds is 9. The van der Waals surface area contributed by atoms with Crippen LogP contribution in [-0.2, 0) is 23.2 Å². The summed E-state index contributed by atoms with van der Waals surface area (Å²) < 4.78 is 33.9. The summed E-state index contributed by atoms with van der Waals surface area (Å²) >= 11 is 0. The van der Waals surface area contributed by atoms with Crippen molar-refractivity contribution in [1.82, 2.24) is 4.90 Å². The average Bonchev–Trinajstić information content (AvgIpc) is 3.26. The number of carbonyl (C=O) groups excluding carboxylic acids is 1. The smallest absolute Gasteiger partial charge is 0.308 e. The monoisotopic (exact) mass is 444 g/mol. The quantitative estimate of drug-likeness (QED) is 0.280. The van der Waals surface area contributed by atoms with E-state index >= 15 is 0 Å². The van der Waals surface area contributed by atoms with Gasteiger partial charge >= 0.3 is 10.1 Å². The maximum atomic E-state index is 13.1. The third-order valence-electron chi connectivity index (χ3n) is 4.39. The van der Waals surface area contributed by atoms with Crippen LogP contribution in [0.5, 0.6) is 5.75 Å². The number of hydrogen-bond acceptors (Lipinski definition) is 7. The summed E-state index contributed by atoms with van der Waals surface area (Å²) in [5, 5.41) is 10.9. The zero-order chi connectivity index (χ0) is 22.4. The maximum Gasteiger partial charge on any atom is 0.308 e. The molecule has 0 aliphatic carbocycles. The number of benzene rings is 2. The summed E-state index contributed by atoms with van der Waals surface area (Å²) in [6, 6.07) is 15.2. The molecule has 0 saturated carbocycles. The van der Waals surface area contributed by atoms with E-state index in [0.717, 1.165) is 0 Å². The molecular formula is C21H20N2O7S. The van der Waals surface area contributed by atoms with E-state index in [1.807, 2.05) is 0 Å². The summed E-state index contributed by atoms with van der Waals surface area (Å²) in [6.45, 7) is 1.77. The zero-order valence-corrected chi connectivity index (χ0v) is 17.4. The molecule has 1 aromatic heterocycles. The van der Waals surface area contributed by atoms with Gasteiger partial charge in [-0.25, -0.2) is 0 Å². The van der Waals surface area contributed by atoms with Gasteiger partial charge in [-0.05, 0) is 48.9 Å². The Bertz CT molecular complexity index is 1160. The van der Waals surface area contributed by atoms with E-state index in [1.54, 1.807) is 30.3 Å². The van der Waals surface area contributed by atoms with Crippen LogP contribution in [0, 0.1) is 10.1 Å². The van der Waals surface area contributed by atoms with Gasteiger partial charge in [0.15, 0.2) is 0 Å². The molecule has 162 valence electrons. The molecule has 3 rings (SSSR count). The van der Waals surface area contributed by atoms with Gasteiger partial charge in [0, 0.05) is 24.2 Å². The maximum absolute atomic E-state index is 13.1. The normalized spacial score (nSPS) is 11.1. The SMILES string of the molecule is CCS(=O)(=O)Oc1cccc(CN(Cc2ccco2)C(=O)c2ccc([N+](=O)[O-])cc2)c1. The van der Waals surface area contributed by atoms with Crippen LogP contribution in [-0.4, -0.2) is 29.9 Å². The number of non-ortho nitro benzene ring substituents is 1. The molecule has 0 fully saturated rings. The van der Waals surface area contributed by atoms with Crippen molar-refractivity contribution in [3.8, 4) is 5.75 Å². The molecule has 0 aliphatic rings. The first-order chi connectivity index (χ1) is 14.8. The van der Waals surface area contributed by atoms with E-state index < -0.39 is 15.0 Å². The van der Waals surface area contributed by atoms with Crippen LogP contribution < -0.4 is 4.18 Å². The predicted octanol–water partition coefficient (Wildman–Crippen LogP) is 3.76. The van der Waals surface area contributed by atoms with Crippen LogP contribution >= 0.6 is 0 Å². The lowest BCUT2D eigenvalue weighted by molar-refractivity contribution is -0.384. The fourth-order valence-corrected chi connectivity index (χ4v) is 3.33. The van der Waals surface area contributed by atoms with Crippen LogP contribution in [0.3, 0.4) is 0 Å². The van der Waals surface area contributed by atoms with E-state index in [1.165, 1.54) is 48.4 Å². The minimum absolute atomic E-state index is 0.115. The molecule has 1 amide bonds. The fourth-order valence-electron chi connectivity index (χ4n) is 2.82. The van der Waals surface area contributed by atoms with Crippen molar-refractivity contribution in [2.24, 2.45) is 0 Å². The molecule has 1 heterocycles. The van der Waals surface area contributed by atoms with Crippen LogP contribution in [0.4, 0.5) is 5.69 Å². The highest BCUT2D eigenvalue weighted by molar-refractivity contribution is 7.87. The lowest BCUT2D eigenvalue weighted by Crippen LogP contribution is -2.30. The zero-order valence-electron chi connectivity index (χ0n) is 16.6. The van der Waals surface area contributed by atoms with Crippen molar-refractivity contribution in [2.45, 2.75) is 20.0 Å². The first-order valence-corrected chi connectivity index (χ1v) is 10.9. The summed E-state index contributed by atoms with van der Waals surface area (Å²) in [4.78, 5) is 24.9. The topological polar surface area (TPSA) is 120 Å². The van der Waals surface area contributed by atoms with Crippen molar-refractivity contribution in [2.75, 3.05) is 5.75 Å². The van der Waals surface area contributed by atoms with Gasteiger partial charge in [0.2, 0.25) is 0 Å². The molecule has 0 bridgehead atoms. The van der Waals surface area contributed by atoms with E-state index in [9.17, 15) is 23.3 Å². The molecule has 2 aromatic carbocycles. The largest absolute Gasteiger partial charge is 0.467 e. The Morgan fingerprint density at radius 2 is 1.84 bits per heavy atom. The first-order valence-electron chi connectivity index (χ1n) is 9.34. The van der Waals surface area contributed by atoms with E-state index in [-0.39, 0.29) is 41.7 Å². The van der Waals surface area contributed by atoms with Crippen molar-refractivity contribution in [1.29, 1.82) is 0 Å². The molecule has 0 N–H and O–H groups in total. The Balaban J connectivity index is 1.86. The van der Waals surface area contributed by atoms with Gasteiger partial charge < -0.3 is 13.5 Å². The standard InChI is InChI=1S/C21H20N2O7S/c1-2-31(27,28)30-19-6-3-5-16(13-19)14-22(15-20-7-4-12-29-20)21(24)17-8-10-18(11-9-17)23(25)26/h3-13H,2,14-15H2,1H3. The Hall–Kier alpha value is -3.66. The molecule has 0 saturated heterocycles. The van der Waals surface area contributed by atoms with Crippen LogP contribution in [0.25, 0.3) is 0 Å². The Labute approximate surface area is 179 Å². The second kappa shape index (κ2) is 9.43. The fraction of sp³-hybridized carbons (Fsp3) is 0.190. The van der Waals surface area contributed by atoms with Gasteiger partial charge in [-0.3, -0.25) is 14.9 Å². The summed E-state index contributed by atoms with van der Waals surface area (Å²) in [5.74, 6) is 0.176. The van der Waals surface area contributed by atoms with Crippen molar-refractivity contribution in [3.05, 3.63) is 93.9 Å². The van der Waals surface area contributed by atoms with Crippen molar-refractivity contribution < 1.29 is 26.7 Å². The number of carbonyl (C=O) groups is 1. The second-order valence-corrected chi connectivity index (χ2v) is 8.48. The lowest BCUT2D eigenvalue weighted by Gasteiger charge is -2.22. The molecule has 0 atom stereocenters. The number of furan rings is 1. The Kier molecular flexibility index (Phi) is 6.71. The highest BCUT2D eigenvalue weighted by Gasteiger charge is 2.19. The predicted molar refractivity (Wildman–Crippen MR) is 112 cm³/mol. The van der Waals surface area contributed by atoms with Gasteiger partial charge in [-0.1, -0.05) is 12.1 Å². The number of nitro groups is 1. The molecule has 10 heteroatoms. The third-order valence-corrected chi connectivity index (χ3v) is 5.54. The molecule has 3 aromatic rings. The minimum Gasteiger partial charge on any atom is -0.467 e. The van der Waals surface area contributed by atoms with Crippen molar-refractivity contribution >= 4 is 21.7 Å². The summed E-state index contributed by atoms with van der Waals surface area (Å²) in [6.07, 6.45) is 1.49. The number of hydrogen-bond donors (Lipinski definition) is 0. The van der Waals surface area contributed by atoms with Gasteiger partial charge in [0.25, 0.3) is 11.6 Å². The van der Waals surface area contributed by atoms with Crippen LogP contribution in [0.1, 0.15) is 28.6 Å². The van der Waals surface area contributed by atoms with Gasteiger partial charge in [0.05, 0.1) is 23.5 Å². The Morgan fingerprint density at radius 3 is 2.45 bits per heavy atom. The molecule has 0 aliphatic heterocycles. The number of nitrogens with zero attached hydrogens (tertiary/aromatic N) is 2. The second-order valence-electron chi connectivity index (χ2n) is 6.62. The molecular weight excluding hydrogens is 424 g/mol. The molecule has 31 heavy (non-hydrogen) atoms. The average molecular weight is 444 g/mol. The molecule has 0 unspecified atom stereocenters. The van der Waals surface area contributed by atoms with Gasteiger partial charge in [-0.15, -0.1) is 0 Å². The van der Waals surface area contributed by atoms with E-state index in [4.69, 9.17) is 8.60 Å². The van der Waals surface area contributed by atoms with Gasteiger partial charge in [0.1, 0.15) is 11.5 Å². The molecule has 9 nitrogen and oxygen atoms in total. The lowest BCUT2D eigenvalue weighted by atomic mass is 10.1.